The Hall–Kier alpha value is -0.550. The first-order valence-corrected chi connectivity index (χ1v) is 4.87. The van der Waals surface area contributed by atoms with Gasteiger partial charge < -0.3 is 0 Å². The number of allylic oxidation sites excluding steroid dienone is 1. The molecule has 0 unspecified atom stereocenters. The van der Waals surface area contributed by atoms with Gasteiger partial charge in [0.05, 0.1) is 0 Å². The molecule has 1 N–H and O–H groups in total. The van der Waals surface area contributed by atoms with E-state index in [0.717, 1.165) is 6.42 Å². The summed E-state index contributed by atoms with van der Waals surface area (Å²) in [5, 5.41) is 7.29. The first kappa shape index (κ1) is 6.91. The summed E-state index contributed by atoms with van der Waals surface area (Å²) in [7, 11) is 0. The number of hydrogen-bond donors (Lipinski definition) is 1. The summed E-state index contributed by atoms with van der Waals surface area (Å²) in [5.74, 6) is 2.69. The normalized spacial score (nSPS) is 52.0. The minimum Gasteiger partial charge on any atom is -0.259 e. The van der Waals surface area contributed by atoms with Crippen LogP contribution < -0.4 is 0 Å². The molecule has 12 heavy (non-hydrogen) atoms. The van der Waals surface area contributed by atoms with Gasteiger partial charge in [-0.05, 0) is 48.0 Å². The third-order valence-corrected chi connectivity index (χ3v) is 5.38. The molecule has 0 aliphatic heterocycles. The molecule has 6 saturated carbocycles. The van der Waals surface area contributed by atoms with Gasteiger partial charge in [0, 0.05) is 5.41 Å². The van der Waals surface area contributed by atoms with Crippen LogP contribution in [0.15, 0.2) is 5.57 Å². The molecule has 6 aliphatic rings. The number of hydrogen-bond acceptors (Lipinski definition) is 1. The molecule has 0 radical (unpaired) electrons. The molecule has 0 saturated heterocycles. The van der Waals surface area contributed by atoms with Crippen molar-refractivity contribution in [1.29, 1.82) is 5.41 Å². The van der Waals surface area contributed by atoms with E-state index in [9.17, 15) is 0 Å². The van der Waals surface area contributed by atoms with Crippen LogP contribution >= 0.6 is 0 Å². The van der Waals surface area contributed by atoms with Crippen molar-refractivity contribution >= 4 is 5.87 Å². The van der Waals surface area contributed by atoms with E-state index in [2.05, 4.69) is 19.7 Å². The minimum absolute atomic E-state index is 0.438. The zero-order valence-electron chi connectivity index (χ0n) is 7.83. The van der Waals surface area contributed by atoms with Crippen LogP contribution in [0.3, 0.4) is 0 Å². The third kappa shape index (κ3) is 0.357. The van der Waals surface area contributed by atoms with Crippen molar-refractivity contribution in [3.63, 3.8) is 0 Å². The lowest BCUT2D eigenvalue weighted by atomic mass is 9.18. The standard InChI is InChI=1S/C11H15N/c1-9(2)10-4-3-8(5-12)11(9,6-10)7-10/h12H,3-4,6-7H2,1-2H3. The summed E-state index contributed by atoms with van der Waals surface area (Å²) < 4.78 is 0. The summed E-state index contributed by atoms with van der Waals surface area (Å²) in [6, 6.07) is 0. The molecule has 6 aliphatic carbocycles. The molecule has 0 aromatic carbocycles. The van der Waals surface area contributed by atoms with Crippen LogP contribution in [0.5, 0.6) is 0 Å². The predicted octanol–water partition coefficient (Wildman–Crippen LogP) is 2.76. The molecule has 0 heterocycles. The maximum atomic E-state index is 7.29. The number of nitrogens with one attached hydrogen (secondary N) is 1. The minimum atomic E-state index is 0.438. The Bertz CT molecular complexity index is 306. The Balaban J connectivity index is 2.15. The van der Waals surface area contributed by atoms with Crippen LogP contribution in [0.2, 0.25) is 0 Å². The second-order valence-electron chi connectivity index (χ2n) is 5.44. The molecule has 0 atom stereocenters. The molecule has 64 valence electrons. The highest BCUT2D eigenvalue weighted by Crippen LogP contribution is 2.90. The molecule has 0 amide bonds. The van der Waals surface area contributed by atoms with Crippen molar-refractivity contribution in [1.82, 2.24) is 0 Å². The van der Waals surface area contributed by atoms with Gasteiger partial charge in [0.2, 0.25) is 0 Å². The molecule has 6 rings (SSSR count). The van der Waals surface area contributed by atoms with Gasteiger partial charge in [0.1, 0.15) is 0 Å². The lowest BCUT2D eigenvalue weighted by Gasteiger charge is -2.86. The van der Waals surface area contributed by atoms with E-state index in [4.69, 9.17) is 5.41 Å². The molecule has 6 fully saturated rings. The molecule has 0 spiro atoms. The molecule has 1 nitrogen and oxygen atoms in total. The summed E-state index contributed by atoms with van der Waals surface area (Å²) in [4.78, 5) is 0. The lowest BCUT2D eigenvalue weighted by molar-refractivity contribution is -0.337. The number of rotatable bonds is 0. The van der Waals surface area contributed by atoms with Gasteiger partial charge in [-0.3, -0.25) is 5.41 Å². The second kappa shape index (κ2) is 1.44. The Labute approximate surface area is 73.4 Å². The van der Waals surface area contributed by atoms with Crippen molar-refractivity contribution < 1.29 is 0 Å². The molecule has 2 bridgehead atoms. The average Bonchev–Trinajstić information content (AvgIpc) is 2.03. The van der Waals surface area contributed by atoms with Gasteiger partial charge in [-0.1, -0.05) is 13.8 Å². The summed E-state index contributed by atoms with van der Waals surface area (Å²) >= 11 is 0. The van der Waals surface area contributed by atoms with Crippen LogP contribution in [0.4, 0.5) is 0 Å². The van der Waals surface area contributed by atoms with E-state index in [0.29, 0.717) is 16.2 Å². The molecule has 0 aromatic rings. The maximum absolute atomic E-state index is 7.29. The fourth-order valence-corrected chi connectivity index (χ4v) is 4.15. The van der Waals surface area contributed by atoms with Crippen molar-refractivity contribution in [3.05, 3.63) is 5.57 Å². The quantitative estimate of drug-likeness (QED) is 0.528. The van der Waals surface area contributed by atoms with Crippen LogP contribution in [-0.2, 0) is 0 Å². The van der Waals surface area contributed by atoms with E-state index >= 15 is 0 Å². The van der Waals surface area contributed by atoms with Gasteiger partial charge in [-0.2, -0.15) is 0 Å². The van der Waals surface area contributed by atoms with Crippen molar-refractivity contribution in [3.8, 4) is 0 Å². The predicted molar refractivity (Wildman–Crippen MR) is 48.4 cm³/mol. The van der Waals surface area contributed by atoms with Crippen LogP contribution in [0, 0.1) is 21.7 Å². The van der Waals surface area contributed by atoms with E-state index < -0.39 is 0 Å². The molecule has 0 aromatic heterocycles. The van der Waals surface area contributed by atoms with Crippen LogP contribution in [-0.4, -0.2) is 5.87 Å². The third-order valence-electron chi connectivity index (χ3n) is 5.38. The molecule has 1 heteroatoms. The Morgan fingerprint density at radius 1 is 1.33 bits per heavy atom. The first-order valence-electron chi connectivity index (χ1n) is 4.87. The zero-order valence-corrected chi connectivity index (χ0v) is 7.83. The van der Waals surface area contributed by atoms with Crippen molar-refractivity contribution in [2.45, 2.75) is 39.5 Å². The lowest BCUT2D eigenvalue weighted by Crippen LogP contribution is -2.78. The van der Waals surface area contributed by atoms with E-state index in [1.807, 2.05) is 0 Å². The van der Waals surface area contributed by atoms with Crippen molar-refractivity contribution in [2.75, 3.05) is 0 Å². The van der Waals surface area contributed by atoms with Gasteiger partial charge in [-0.15, -0.1) is 0 Å². The Kier molecular flexibility index (Phi) is 0.830. The van der Waals surface area contributed by atoms with Gasteiger partial charge in [0.15, 0.2) is 0 Å². The highest BCUT2D eigenvalue weighted by atomic mass is 14.9. The fraction of sp³-hybridized carbons (Fsp3) is 0.818. The zero-order chi connectivity index (χ0) is 8.61. The monoisotopic (exact) mass is 161 g/mol. The Morgan fingerprint density at radius 3 is 2.33 bits per heavy atom. The van der Waals surface area contributed by atoms with Crippen LogP contribution in [0.1, 0.15) is 39.5 Å². The van der Waals surface area contributed by atoms with E-state index in [-0.39, 0.29) is 0 Å². The fourth-order valence-electron chi connectivity index (χ4n) is 4.15. The highest BCUT2D eigenvalue weighted by molar-refractivity contribution is 5.63. The Morgan fingerprint density at radius 2 is 2.00 bits per heavy atom. The van der Waals surface area contributed by atoms with E-state index in [1.54, 1.807) is 0 Å². The smallest absolute Gasteiger partial charge is 0.00704 e. The summed E-state index contributed by atoms with van der Waals surface area (Å²) in [6.07, 6.45) is 5.22. The summed E-state index contributed by atoms with van der Waals surface area (Å²) in [6.45, 7) is 4.77. The molecular formula is C11H15N. The van der Waals surface area contributed by atoms with Gasteiger partial charge in [-0.25, -0.2) is 0 Å². The van der Waals surface area contributed by atoms with Gasteiger partial charge >= 0.3 is 0 Å². The van der Waals surface area contributed by atoms with Gasteiger partial charge in [0.25, 0.3) is 0 Å². The largest absolute Gasteiger partial charge is 0.259 e. The van der Waals surface area contributed by atoms with Crippen molar-refractivity contribution in [2.24, 2.45) is 16.2 Å². The highest BCUT2D eigenvalue weighted by Gasteiger charge is 2.82. The topological polar surface area (TPSA) is 23.9 Å². The SMILES string of the molecule is CC1(C)C23CCC(=C=N)C1(C2)C3. The average molecular weight is 161 g/mol. The van der Waals surface area contributed by atoms with E-state index in [1.165, 1.54) is 24.8 Å². The first-order chi connectivity index (χ1) is 5.58. The maximum Gasteiger partial charge on any atom is 0.00704 e. The van der Waals surface area contributed by atoms with Crippen LogP contribution in [0.25, 0.3) is 0 Å². The molecular weight excluding hydrogens is 146 g/mol. The second-order valence-corrected chi connectivity index (χ2v) is 5.44. The summed E-state index contributed by atoms with van der Waals surface area (Å²) in [5.41, 5.74) is 2.95.